The van der Waals surface area contributed by atoms with Crippen LogP contribution in [0.2, 0.25) is 0 Å². The van der Waals surface area contributed by atoms with Gasteiger partial charge in [0.2, 0.25) is 5.91 Å². The number of hydrogen-bond acceptors (Lipinski definition) is 6. The summed E-state index contributed by atoms with van der Waals surface area (Å²) in [7, 11) is 0. The lowest BCUT2D eigenvalue weighted by atomic mass is 9.98. The molecule has 1 N–H and O–H groups in total. The van der Waals surface area contributed by atoms with Gasteiger partial charge in [-0.1, -0.05) is 10.3 Å². The van der Waals surface area contributed by atoms with Crippen molar-refractivity contribution >= 4 is 11.6 Å². The molecule has 3 aromatic rings. The van der Waals surface area contributed by atoms with Gasteiger partial charge in [0.05, 0.1) is 18.2 Å². The summed E-state index contributed by atoms with van der Waals surface area (Å²) in [5.74, 6) is -0.0233. The first kappa shape index (κ1) is 17.4. The van der Waals surface area contributed by atoms with Crippen molar-refractivity contribution in [1.82, 2.24) is 29.8 Å². The number of H-pyrrole nitrogens is 1. The Kier molecular flexibility index (Phi) is 4.29. The van der Waals surface area contributed by atoms with Crippen LogP contribution in [0.3, 0.4) is 0 Å². The van der Waals surface area contributed by atoms with Crippen molar-refractivity contribution in [3.8, 4) is 0 Å². The summed E-state index contributed by atoms with van der Waals surface area (Å²) >= 11 is 0. The average molecular weight is 370 g/mol. The van der Waals surface area contributed by atoms with E-state index in [4.69, 9.17) is 4.63 Å². The van der Waals surface area contributed by atoms with E-state index < -0.39 is 0 Å². The summed E-state index contributed by atoms with van der Waals surface area (Å²) in [6.45, 7) is 6.04. The van der Waals surface area contributed by atoms with Crippen LogP contribution in [-0.2, 0) is 11.2 Å². The van der Waals surface area contributed by atoms with E-state index in [1.54, 1.807) is 13.8 Å². The molecule has 4 heterocycles. The van der Waals surface area contributed by atoms with E-state index >= 15 is 0 Å². The molecule has 9 nitrogen and oxygen atoms in total. The van der Waals surface area contributed by atoms with Gasteiger partial charge in [-0.3, -0.25) is 14.7 Å². The Morgan fingerprint density at radius 1 is 1.26 bits per heavy atom. The average Bonchev–Trinajstić information content (AvgIpc) is 3.26. The molecule has 1 aliphatic heterocycles. The van der Waals surface area contributed by atoms with Gasteiger partial charge >= 0.3 is 0 Å². The molecule has 1 atom stereocenters. The second kappa shape index (κ2) is 6.64. The molecule has 4 rings (SSSR count). The fraction of sp³-hybridized carbons (Fsp3) is 0.500. The number of nitrogens with one attached hydrogen (secondary N) is 1. The van der Waals surface area contributed by atoms with E-state index in [1.807, 2.05) is 17.9 Å². The molecule has 0 saturated carbocycles. The number of amides is 1. The standard InChI is InChI=1S/C18H22N6O3/c1-10-11(2)19-16-8-14(20-24(16)18(10)26)15-6-4-5-7-23(15)17(25)9-13-12(3)21-27-22-13/h8,15,20H,4-7,9H2,1-3H3/t15-/m0/s1. The molecule has 142 valence electrons. The number of aromatic nitrogens is 5. The van der Waals surface area contributed by atoms with Crippen LogP contribution in [0.4, 0.5) is 0 Å². The number of piperidine rings is 1. The Balaban J connectivity index is 1.67. The van der Waals surface area contributed by atoms with Crippen LogP contribution in [0.25, 0.3) is 5.65 Å². The van der Waals surface area contributed by atoms with E-state index in [1.165, 1.54) is 4.52 Å². The van der Waals surface area contributed by atoms with Crippen molar-refractivity contribution in [3.63, 3.8) is 0 Å². The predicted molar refractivity (Wildman–Crippen MR) is 96.3 cm³/mol. The summed E-state index contributed by atoms with van der Waals surface area (Å²) in [5, 5.41) is 10.7. The van der Waals surface area contributed by atoms with E-state index in [0.29, 0.717) is 29.1 Å². The Morgan fingerprint density at radius 2 is 2.07 bits per heavy atom. The quantitative estimate of drug-likeness (QED) is 0.750. The van der Waals surface area contributed by atoms with Crippen LogP contribution in [-0.4, -0.2) is 42.3 Å². The zero-order chi connectivity index (χ0) is 19.1. The van der Waals surface area contributed by atoms with Gasteiger partial charge in [0, 0.05) is 23.9 Å². The second-order valence-electron chi connectivity index (χ2n) is 7.10. The molecule has 1 saturated heterocycles. The lowest BCUT2D eigenvalue weighted by Crippen LogP contribution is -2.39. The largest absolute Gasteiger partial charge is 0.334 e. The van der Waals surface area contributed by atoms with E-state index in [2.05, 4.69) is 20.4 Å². The van der Waals surface area contributed by atoms with Crippen LogP contribution in [0, 0.1) is 20.8 Å². The zero-order valence-electron chi connectivity index (χ0n) is 15.7. The Hall–Kier alpha value is -2.97. The van der Waals surface area contributed by atoms with Gasteiger partial charge in [-0.05, 0) is 40.0 Å². The van der Waals surface area contributed by atoms with Gasteiger partial charge in [-0.15, -0.1) is 0 Å². The molecule has 0 bridgehead atoms. The van der Waals surface area contributed by atoms with Crippen LogP contribution in [0.15, 0.2) is 15.5 Å². The van der Waals surface area contributed by atoms with Crippen LogP contribution >= 0.6 is 0 Å². The lowest BCUT2D eigenvalue weighted by Gasteiger charge is -2.35. The van der Waals surface area contributed by atoms with Gasteiger partial charge in [-0.25, -0.2) is 14.1 Å². The number of hydrogen-bond donors (Lipinski definition) is 1. The molecule has 0 unspecified atom stereocenters. The third-order valence-electron chi connectivity index (χ3n) is 5.35. The van der Waals surface area contributed by atoms with Crippen molar-refractivity contribution in [3.05, 3.63) is 44.8 Å². The maximum atomic E-state index is 12.9. The molecule has 1 aliphatic rings. The Labute approximate surface area is 155 Å². The third kappa shape index (κ3) is 3.02. The molecule has 0 radical (unpaired) electrons. The maximum absolute atomic E-state index is 12.9. The molecule has 1 amide bonds. The zero-order valence-corrected chi connectivity index (χ0v) is 15.7. The van der Waals surface area contributed by atoms with Gasteiger partial charge in [0.1, 0.15) is 11.4 Å². The number of nitrogens with zero attached hydrogens (tertiary/aromatic N) is 5. The number of aromatic amines is 1. The highest BCUT2D eigenvalue weighted by Gasteiger charge is 2.30. The molecule has 1 fully saturated rings. The summed E-state index contributed by atoms with van der Waals surface area (Å²) in [4.78, 5) is 31.8. The molecule has 3 aromatic heterocycles. The van der Waals surface area contributed by atoms with Crippen LogP contribution in [0.5, 0.6) is 0 Å². The van der Waals surface area contributed by atoms with Crippen molar-refractivity contribution < 1.29 is 9.42 Å². The highest BCUT2D eigenvalue weighted by molar-refractivity contribution is 5.79. The second-order valence-corrected chi connectivity index (χ2v) is 7.10. The first-order valence-electron chi connectivity index (χ1n) is 9.12. The summed E-state index contributed by atoms with van der Waals surface area (Å²) < 4.78 is 6.16. The molecular formula is C18H22N6O3. The Bertz CT molecular complexity index is 1060. The van der Waals surface area contributed by atoms with Crippen molar-refractivity contribution in [1.29, 1.82) is 0 Å². The van der Waals surface area contributed by atoms with Crippen molar-refractivity contribution in [2.24, 2.45) is 0 Å². The summed E-state index contributed by atoms with van der Waals surface area (Å²) in [6.07, 6.45) is 2.97. The SMILES string of the molecule is Cc1nonc1CC(=O)N1CCCC[C@H]1c1cc2nc(C)c(C)c(=O)n2[nH]1. The van der Waals surface area contributed by atoms with E-state index in [0.717, 1.165) is 30.7 Å². The van der Waals surface area contributed by atoms with Gasteiger partial charge in [-0.2, -0.15) is 0 Å². The third-order valence-corrected chi connectivity index (χ3v) is 5.35. The number of rotatable bonds is 3. The summed E-state index contributed by atoms with van der Waals surface area (Å²) in [5.41, 5.74) is 3.82. The van der Waals surface area contributed by atoms with Crippen LogP contribution in [0.1, 0.15) is 53.6 Å². The number of carbonyl (C=O) groups is 1. The molecular weight excluding hydrogens is 348 g/mol. The van der Waals surface area contributed by atoms with Gasteiger partial charge in [0.25, 0.3) is 5.56 Å². The fourth-order valence-electron chi connectivity index (χ4n) is 3.62. The van der Waals surface area contributed by atoms with Gasteiger partial charge < -0.3 is 4.90 Å². The van der Waals surface area contributed by atoms with Crippen molar-refractivity contribution in [2.45, 2.75) is 52.5 Å². The van der Waals surface area contributed by atoms with Crippen molar-refractivity contribution in [2.75, 3.05) is 6.54 Å². The molecule has 0 aliphatic carbocycles. The predicted octanol–water partition coefficient (Wildman–Crippen LogP) is 1.63. The molecule has 0 spiro atoms. The maximum Gasteiger partial charge on any atom is 0.275 e. The summed E-state index contributed by atoms with van der Waals surface area (Å²) in [6, 6.07) is 1.75. The van der Waals surface area contributed by atoms with Gasteiger partial charge in [0.15, 0.2) is 5.65 Å². The number of fused-ring (bicyclic) bond motifs is 1. The van der Waals surface area contributed by atoms with E-state index in [9.17, 15) is 9.59 Å². The smallest absolute Gasteiger partial charge is 0.275 e. The minimum Gasteiger partial charge on any atom is -0.334 e. The molecule has 9 heteroatoms. The fourth-order valence-corrected chi connectivity index (χ4v) is 3.62. The number of carbonyl (C=O) groups excluding carboxylic acids is 1. The first-order valence-corrected chi connectivity index (χ1v) is 9.12. The minimum atomic E-state index is -0.117. The normalized spacial score (nSPS) is 17.6. The lowest BCUT2D eigenvalue weighted by molar-refractivity contribution is -0.134. The monoisotopic (exact) mass is 370 g/mol. The molecule has 0 aromatic carbocycles. The first-order chi connectivity index (χ1) is 13.0. The minimum absolute atomic E-state index is 0.0233. The topological polar surface area (TPSA) is 109 Å². The van der Waals surface area contributed by atoms with E-state index in [-0.39, 0.29) is 23.9 Å². The molecule has 27 heavy (non-hydrogen) atoms. The number of likely N-dealkylation sites (tertiary alicyclic amines) is 1. The highest BCUT2D eigenvalue weighted by atomic mass is 16.6. The highest BCUT2D eigenvalue weighted by Crippen LogP contribution is 2.31. The van der Waals surface area contributed by atoms with Crippen LogP contribution < -0.4 is 5.56 Å². The number of aryl methyl sites for hydroxylation is 2. The Morgan fingerprint density at radius 3 is 2.81 bits per heavy atom.